The van der Waals surface area contributed by atoms with E-state index in [4.69, 9.17) is 5.73 Å². The quantitative estimate of drug-likeness (QED) is 0.754. The van der Waals surface area contributed by atoms with Gasteiger partial charge in [0.15, 0.2) is 0 Å². The van der Waals surface area contributed by atoms with Gasteiger partial charge in [0.05, 0.1) is 0 Å². The zero-order valence-electron chi connectivity index (χ0n) is 8.66. The van der Waals surface area contributed by atoms with E-state index in [1.165, 1.54) is 19.3 Å². The van der Waals surface area contributed by atoms with Gasteiger partial charge >= 0.3 is 0 Å². The highest BCUT2D eigenvalue weighted by atomic mass is 15.3. The van der Waals surface area contributed by atoms with Crippen LogP contribution in [0.15, 0.2) is 12.3 Å². The van der Waals surface area contributed by atoms with Crippen molar-refractivity contribution in [3.05, 3.63) is 12.3 Å². The fourth-order valence-electron chi connectivity index (χ4n) is 1.83. The van der Waals surface area contributed by atoms with Crippen molar-refractivity contribution in [2.75, 3.05) is 11.9 Å². The average molecular weight is 194 g/mol. The third-order valence-electron chi connectivity index (χ3n) is 2.99. The molecule has 0 aliphatic heterocycles. The Morgan fingerprint density at radius 3 is 2.93 bits per heavy atom. The topological polar surface area (TPSA) is 55.9 Å². The first kappa shape index (κ1) is 9.52. The number of nitrogens with zero attached hydrogens (tertiary/aromatic N) is 2. The lowest BCUT2D eigenvalue weighted by atomic mass is 9.75. The molecule has 0 bridgehead atoms. The third kappa shape index (κ3) is 2.07. The van der Waals surface area contributed by atoms with Gasteiger partial charge in [-0.2, -0.15) is 5.10 Å². The predicted molar refractivity (Wildman–Crippen MR) is 57.1 cm³/mol. The zero-order chi connectivity index (χ0) is 10.0. The maximum absolute atomic E-state index is 6.11. The smallest absolute Gasteiger partial charge is 0.147 e. The summed E-state index contributed by atoms with van der Waals surface area (Å²) in [6.07, 6.45) is 6.63. The van der Waals surface area contributed by atoms with Gasteiger partial charge in [-0.05, 0) is 25.7 Å². The summed E-state index contributed by atoms with van der Waals surface area (Å²) in [5, 5.41) is 7.52. The Labute approximate surface area is 84.5 Å². The van der Waals surface area contributed by atoms with Crippen LogP contribution in [-0.2, 0) is 7.05 Å². The van der Waals surface area contributed by atoms with Crippen LogP contribution in [0.4, 0.5) is 5.82 Å². The van der Waals surface area contributed by atoms with Crippen molar-refractivity contribution in [3.8, 4) is 0 Å². The Bertz CT molecular complexity index is 301. The van der Waals surface area contributed by atoms with Crippen LogP contribution >= 0.6 is 0 Å². The molecule has 1 fully saturated rings. The van der Waals surface area contributed by atoms with Crippen LogP contribution in [0.5, 0.6) is 0 Å². The Hall–Kier alpha value is -1.03. The Balaban J connectivity index is 1.72. The van der Waals surface area contributed by atoms with Gasteiger partial charge in [-0.1, -0.05) is 0 Å². The Kier molecular flexibility index (Phi) is 2.46. The second-order valence-electron chi connectivity index (χ2n) is 4.27. The summed E-state index contributed by atoms with van der Waals surface area (Å²) in [5.41, 5.74) is 6.22. The molecule has 0 radical (unpaired) electrons. The molecule has 1 heterocycles. The van der Waals surface area contributed by atoms with E-state index < -0.39 is 0 Å². The largest absolute Gasteiger partial charge is 0.369 e. The lowest BCUT2D eigenvalue weighted by Crippen LogP contribution is -2.47. The number of nitrogens with one attached hydrogen (secondary N) is 1. The molecule has 1 saturated carbocycles. The minimum absolute atomic E-state index is 0.113. The van der Waals surface area contributed by atoms with Crippen molar-refractivity contribution in [3.63, 3.8) is 0 Å². The molecular formula is C10H18N4. The number of rotatable bonds is 4. The van der Waals surface area contributed by atoms with Gasteiger partial charge in [-0.15, -0.1) is 0 Å². The molecule has 4 nitrogen and oxygen atoms in total. The molecule has 0 unspecified atom stereocenters. The first-order valence-electron chi connectivity index (χ1n) is 5.20. The molecule has 14 heavy (non-hydrogen) atoms. The van der Waals surface area contributed by atoms with Crippen LogP contribution in [0.1, 0.15) is 25.7 Å². The molecule has 0 atom stereocenters. The van der Waals surface area contributed by atoms with Gasteiger partial charge in [0.25, 0.3) is 0 Å². The van der Waals surface area contributed by atoms with Gasteiger partial charge in [0.2, 0.25) is 0 Å². The summed E-state index contributed by atoms with van der Waals surface area (Å²) >= 11 is 0. The van der Waals surface area contributed by atoms with Gasteiger partial charge in [-0.3, -0.25) is 4.68 Å². The summed E-state index contributed by atoms with van der Waals surface area (Å²) in [6, 6.07) is 1.98. The van der Waals surface area contributed by atoms with E-state index in [1.54, 1.807) is 4.68 Å². The van der Waals surface area contributed by atoms with Gasteiger partial charge < -0.3 is 11.1 Å². The van der Waals surface area contributed by atoms with Crippen molar-refractivity contribution in [1.29, 1.82) is 0 Å². The van der Waals surface area contributed by atoms with Crippen LogP contribution in [0, 0.1) is 0 Å². The maximum Gasteiger partial charge on any atom is 0.147 e. The summed E-state index contributed by atoms with van der Waals surface area (Å²) in [6.45, 7) is 0.924. The molecule has 0 aromatic carbocycles. The normalized spacial score (nSPS) is 19.0. The van der Waals surface area contributed by atoms with Crippen molar-refractivity contribution in [1.82, 2.24) is 9.78 Å². The van der Waals surface area contributed by atoms with E-state index in [0.29, 0.717) is 0 Å². The van der Waals surface area contributed by atoms with Crippen LogP contribution < -0.4 is 11.1 Å². The molecule has 1 aliphatic carbocycles. The van der Waals surface area contributed by atoms with Crippen LogP contribution in [0.2, 0.25) is 0 Å². The summed E-state index contributed by atoms with van der Waals surface area (Å²) in [7, 11) is 1.92. The highest BCUT2D eigenvalue weighted by molar-refractivity contribution is 5.31. The maximum atomic E-state index is 6.11. The van der Waals surface area contributed by atoms with Crippen molar-refractivity contribution in [2.24, 2.45) is 12.8 Å². The molecule has 3 N–H and O–H groups in total. The lowest BCUT2D eigenvalue weighted by molar-refractivity contribution is 0.237. The minimum Gasteiger partial charge on any atom is -0.369 e. The molecular weight excluding hydrogens is 176 g/mol. The summed E-state index contributed by atoms with van der Waals surface area (Å²) in [5.74, 6) is 0.940. The van der Waals surface area contributed by atoms with E-state index in [-0.39, 0.29) is 5.54 Å². The van der Waals surface area contributed by atoms with Crippen LogP contribution in [0.3, 0.4) is 0 Å². The molecule has 1 aromatic rings. The standard InChI is InChI=1S/C10H18N4/c1-14-8-3-9(13-14)12-7-6-10(11)4-2-5-10/h3,8H,2,4-7,11H2,1H3,(H,12,13). The first-order valence-corrected chi connectivity index (χ1v) is 5.20. The predicted octanol–water partition coefficient (Wildman–Crippen LogP) is 1.10. The van der Waals surface area contributed by atoms with E-state index in [9.17, 15) is 0 Å². The third-order valence-corrected chi connectivity index (χ3v) is 2.99. The monoisotopic (exact) mass is 194 g/mol. The van der Waals surface area contributed by atoms with Crippen molar-refractivity contribution >= 4 is 5.82 Å². The van der Waals surface area contributed by atoms with Gasteiger partial charge in [0.1, 0.15) is 5.82 Å². The van der Waals surface area contributed by atoms with Gasteiger partial charge in [-0.25, -0.2) is 0 Å². The van der Waals surface area contributed by atoms with Crippen molar-refractivity contribution in [2.45, 2.75) is 31.2 Å². The molecule has 0 amide bonds. The zero-order valence-corrected chi connectivity index (χ0v) is 8.66. The van der Waals surface area contributed by atoms with E-state index >= 15 is 0 Å². The number of nitrogens with two attached hydrogens (primary N) is 1. The van der Waals surface area contributed by atoms with E-state index in [0.717, 1.165) is 18.8 Å². The lowest BCUT2D eigenvalue weighted by Gasteiger charge is -2.38. The number of hydrogen-bond donors (Lipinski definition) is 2. The molecule has 2 rings (SSSR count). The summed E-state index contributed by atoms with van der Waals surface area (Å²) in [4.78, 5) is 0. The molecule has 1 aromatic heterocycles. The highest BCUT2D eigenvalue weighted by Gasteiger charge is 2.31. The van der Waals surface area contributed by atoms with Crippen molar-refractivity contribution < 1.29 is 0 Å². The minimum atomic E-state index is 0.113. The molecule has 1 aliphatic rings. The molecule has 0 saturated heterocycles. The van der Waals surface area contributed by atoms with Crippen LogP contribution in [-0.4, -0.2) is 21.9 Å². The Morgan fingerprint density at radius 1 is 1.64 bits per heavy atom. The van der Waals surface area contributed by atoms with E-state index in [2.05, 4.69) is 10.4 Å². The Morgan fingerprint density at radius 2 is 2.43 bits per heavy atom. The number of anilines is 1. The van der Waals surface area contributed by atoms with E-state index in [1.807, 2.05) is 19.3 Å². The number of aromatic nitrogens is 2. The molecule has 78 valence electrons. The van der Waals surface area contributed by atoms with Crippen LogP contribution in [0.25, 0.3) is 0 Å². The highest BCUT2D eigenvalue weighted by Crippen LogP contribution is 2.31. The number of aryl methyl sites for hydroxylation is 1. The first-order chi connectivity index (χ1) is 6.68. The SMILES string of the molecule is Cn1ccc(NCCC2(N)CCC2)n1. The second kappa shape index (κ2) is 3.61. The second-order valence-corrected chi connectivity index (χ2v) is 4.27. The van der Waals surface area contributed by atoms with Gasteiger partial charge in [0, 0.05) is 31.4 Å². The fraction of sp³-hybridized carbons (Fsp3) is 0.700. The number of hydrogen-bond acceptors (Lipinski definition) is 3. The average Bonchev–Trinajstić information content (AvgIpc) is 2.49. The molecule has 4 heteroatoms. The summed E-state index contributed by atoms with van der Waals surface area (Å²) < 4.78 is 1.80. The fourth-order valence-corrected chi connectivity index (χ4v) is 1.83. The molecule has 0 spiro atoms.